The number of aromatic nitrogens is 1. The highest BCUT2D eigenvalue weighted by molar-refractivity contribution is 6.12. The molecule has 2 rings (SSSR count). The summed E-state index contributed by atoms with van der Waals surface area (Å²) in [5, 5.41) is 19.0. The SMILES string of the molecule is CC(=O)c1c(C)n(CCCO)c2c(C(=O)O)cccc12. The number of para-hydroxylation sites is 1. The Balaban J connectivity index is 2.83. The van der Waals surface area contributed by atoms with Gasteiger partial charge < -0.3 is 14.8 Å². The van der Waals surface area contributed by atoms with Crippen molar-refractivity contribution in [2.45, 2.75) is 26.8 Å². The van der Waals surface area contributed by atoms with Gasteiger partial charge >= 0.3 is 5.97 Å². The number of ketones is 1. The van der Waals surface area contributed by atoms with E-state index in [1.54, 1.807) is 19.1 Å². The normalized spacial score (nSPS) is 10.9. The van der Waals surface area contributed by atoms with Crippen LogP contribution < -0.4 is 0 Å². The quantitative estimate of drug-likeness (QED) is 0.820. The minimum atomic E-state index is -1.02. The van der Waals surface area contributed by atoms with Gasteiger partial charge in [0, 0.05) is 29.8 Å². The fourth-order valence-corrected chi connectivity index (χ4v) is 2.66. The van der Waals surface area contributed by atoms with E-state index in [0.29, 0.717) is 29.4 Å². The molecule has 0 amide bonds. The van der Waals surface area contributed by atoms with Gasteiger partial charge in [-0.15, -0.1) is 0 Å². The third-order valence-corrected chi connectivity index (χ3v) is 3.46. The molecule has 2 N–H and O–H groups in total. The Kier molecular flexibility index (Phi) is 3.90. The zero-order valence-electron chi connectivity index (χ0n) is 11.5. The number of carboxylic acid groups (broad SMARTS) is 1. The summed E-state index contributed by atoms with van der Waals surface area (Å²) in [6, 6.07) is 4.94. The van der Waals surface area contributed by atoms with Crippen LogP contribution in [-0.4, -0.2) is 33.1 Å². The molecule has 0 saturated heterocycles. The predicted molar refractivity (Wildman–Crippen MR) is 75.3 cm³/mol. The number of carbonyl (C=O) groups excluding carboxylic acids is 1. The first-order chi connectivity index (χ1) is 9.49. The van der Waals surface area contributed by atoms with Gasteiger partial charge in [-0.05, 0) is 26.3 Å². The van der Waals surface area contributed by atoms with Crippen molar-refractivity contribution in [3.63, 3.8) is 0 Å². The molecule has 1 aromatic heterocycles. The number of hydrogen-bond donors (Lipinski definition) is 2. The second-order valence-electron chi connectivity index (χ2n) is 4.75. The van der Waals surface area contributed by atoms with Crippen LogP contribution in [-0.2, 0) is 6.54 Å². The van der Waals surface area contributed by atoms with Crippen molar-refractivity contribution in [3.8, 4) is 0 Å². The van der Waals surface area contributed by atoms with Crippen molar-refractivity contribution in [1.29, 1.82) is 0 Å². The van der Waals surface area contributed by atoms with Gasteiger partial charge in [-0.1, -0.05) is 12.1 Å². The summed E-state index contributed by atoms with van der Waals surface area (Å²) in [4.78, 5) is 23.2. The van der Waals surface area contributed by atoms with Gasteiger partial charge in [0.1, 0.15) is 0 Å². The lowest BCUT2D eigenvalue weighted by atomic mass is 10.1. The largest absolute Gasteiger partial charge is 0.478 e. The molecule has 0 aliphatic carbocycles. The van der Waals surface area contributed by atoms with E-state index in [-0.39, 0.29) is 18.0 Å². The Bertz CT molecular complexity index is 685. The van der Waals surface area contributed by atoms with E-state index in [1.807, 2.05) is 4.57 Å². The average Bonchev–Trinajstić information content (AvgIpc) is 2.67. The first-order valence-electron chi connectivity index (χ1n) is 6.46. The zero-order valence-corrected chi connectivity index (χ0v) is 11.5. The second kappa shape index (κ2) is 5.46. The minimum Gasteiger partial charge on any atom is -0.478 e. The number of fused-ring (bicyclic) bond motifs is 1. The van der Waals surface area contributed by atoms with Crippen LogP contribution in [0.5, 0.6) is 0 Å². The number of aliphatic hydroxyl groups is 1. The summed E-state index contributed by atoms with van der Waals surface area (Å²) in [6.45, 7) is 3.78. The first kappa shape index (κ1) is 14.3. The molecule has 0 saturated carbocycles. The predicted octanol–water partition coefficient (Wildman–Crippen LogP) is 2.23. The molecule has 0 bridgehead atoms. The van der Waals surface area contributed by atoms with E-state index in [4.69, 9.17) is 5.11 Å². The average molecular weight is 275 g/mol. The molecule has 0 aliphatic rings. The van der Waals surface area contributed by atoms with Gasteiger partial charge in [0.05, 0.1) is 11.1 Å². The van der Waals surface area contributed by atoms with Crippen molar-refractivity contribution >= 4 is 22.7 Å². The van der Waals surface area contributed by atoms with Crippen molar-refractivity contribution in [2.75, 3.05) is 6.61 Å². The second-order valence-corrected chi connectivity index (χ2v) is 4.75. The lowest BCUT2D eigenvalue weighted by molar-refractivity contribution is 0.0698. The van der Waals surface area contributed by atoms with E-state index < -0.39 is 5.97 Å². The highest BCUT2D eigenvalue weighted by Gasteiger charge is 2.21. The van der Waals surface area contributed by atoms with E-state index in [9.17, 15) is 14.7 Å². The van der Waals surface area contributed by atoms with Gasteiger partial charge in [0.25, 0.3) is 0 Å². The van der Waals surface area contributed by atoms with Crippen molar-refractivity contribution in [3.05, 3.63) is 35.0 Å². The first-order valence-corrected chi connectivity index (χ1v) is 6.46. The van der Waals surface area contributed by atoms with E-state index >= 15 is 0 Å². The molecule has 2 aromatic rings. The highest BCUT2D eigenvalue weighted by Crippen LogP contribution is 2.29. The third-order valence-electron chi connectivity index (χ3n) is 3.46. The Labute approximate surface area is 116 Å². The smallest absolute Gasteiger partial charge is 0.337 e. The van der Waals surface area contributed by atoms with E-state index in [0.717, 1.165) is 5.69 Å². The lowest BCUT2D eigenvalue weighted by Gasteiger charge is -2.09. The summed E-state index contributed by atoms with van der Waals surface area (Å²) >= 11 is 0. The summed E-state index contributed by atoms with van der Waals surface area (Å²) in [5.74, 6) is -1.11. The molecule has 0 fully saturated rings. The number of aryl methyl sites for hydroxylation is 1. The number of benzene rings is 1. The van der Waals surface area contributed by atoms with Gasteiger partial charge in [-0.2, -0.15) is 0 Å². The number of aliphatic hydroxyl groups excluding tert-OH is 1. The van der Waals surface area contributed by atoms with E-state index in [1.165, 1.54) is 13.0 Å². The standard InChI is InChI=1S/C15H17NO4/c1-9-13(10(2)18)11-5-3-6-12(15(19)20)14(11)16(9)7-4-8-17/h3,5-6,17H,4,7-8H2,1-2H3,(H,19,20). The lowest BCUT2D eigenvalue weighted by Crippen LogP contribution is -2.06. The van der Waals surface area contributed by atoms with Crippen LogP contribution in [0.15, 0.2) is 18.2 Å². The molecule has 0 unspecified atom stereocenters. The fourth-order valence-electron chi connectivity index (χ4n) is 2.66. The number of carboxylic acids is 1. The Hall–Kier alpha value is -2.14. The van der Waals surface area contributed by atoms with Crippen LogP contribution in [0.3, 0.4) is 0 Å². The van der Waals surface area contributed by atoms with Gasteiger partial charge in [-0.25, -0.2) is 4.79 Å². The Morgan fingerprint density at radius 3 is 2.55 bits per heavy atom. The highest BCUT2D eigenvalue weighted by atomic mass is 16.4. The van der Waals surface area contributed by atoms with Crippen LogP contribution in [0.4, 0.5) is 0 Å². The number of carbonyl (C=O) groups is 2. The molecule has 20 heavy (non-hydrogen) atoms. The van der Waals surface area contributed by atoms with Gasteiger partial charge in [-0.3, -0.25) is 4.79 Å². The van der Waals surface area contributed by atoms with Crippen LogP contribution in [0.2, 0.25) is 0 Å². The number of rotatable bonds is 5. The molecule has 0 radical (unpaired) electrons. The topological polar surface area (TPSA) is 79.5 Å². The molecule has 1 heterocycles. The van der Waals surface area contributed by atoms with E-state index in [2.05, 4.69) is 0 Å². The zero-order chi connectivity index (χ0) is 14.9. The molecule has 5 nitrogen and oxygen atoms in total. The molecule has 5 heteroatoms. The molecule has 0 aliphatic heterocycles. The summed E-state index contributed by atoms with van der Waals surface area (Å²) in [6.07, 6.45) is 0.510. The minimum absolute atomic E-state index is 0.0176. The maximum Gasteiger partial charge on any atom is 0.337 e. The number of nitrogens with zero attached hydrogens (tertiary/aromatic N) is 1. The molecule has 0 spiro atoms. The van der Waals surface area contributed by atoms with Gasteiger partial charge in [0.15, 0.2) is 5.78 Å². The molecular formula is C15H17NO4. The maximum absolute atomic E-state index is 11.8. The van der Waals surface area contributed by atoms with Crippen molar-refractivity contribution in [2.24, 2.45) is 0 Å². The summed E-state index contributed by atoms with van der Waals surface area (Å²) < 4.78 is 1.81. The molecular weight excluding hydrogens is 258 g/mol. The van der Waals surface area contributed by atoms with Crippen LogP contribution in [0.25, 0.3) is 10.9 Å². The van der Waals surface area contributed by atoms with Crippen LogP contribution in [0, 0.1) is 6.92 Å². The molecule has 106 valence electrons. The monoisotopic (exact) mass is 275 g/mol. The molecule has 1 aromatic carbocycles. The third kappa shape index (κ3) is 2.20. The Morgan fingerprint density at radius 2 is 2.00 bits per heavy atom. The van der Waals surface area contributed by atoms with Crippen LogP contribution in [0.1, 0.15) is 39.8 Å². The summed E-state index contributed by atoms with van der Waals surface area (Å²) in [7, 11) is 0. The van der Waals surface area contributed by atoms with Crippen molar-refractivity contribution < 1.29 is 19.8 Å². The molecule has 0 atom stereocenters. The van der Waals surface area contributed by atoms with Gasteiger partial charge in [0.2, 0.25) is 0 Å². The maximum atomic E-state index is 11.8. The number of Topliss-reactive ketones (excluding diaryl/α,β-unsaturated/α-hetero) is 1. The Morgan fingerprint density at radius 1 is 1.30 bits per heavy atom. The number of hydrogen-bond acceptors (Lipinski definition) is 3. The fraction of sp³-hybridized carbons (Fsp3) is 0.333. The van der Waals surface area contributed by atoms with Crippen LogP contribution >= 0.6 is 0 Å². The van der Waals surface area contributed by atoms with Crippen molar-refractivity contribution in [1.82, 2.24) is 4.57 Å². The summed E-state index contributed by atoms with van der Waals surface area (Å²) in [5.41, 5.74) is 2.03. The number of aromatic carboxylic acids is 1.